The fourth-order valence-electron chi connectivity index (χ4n) is 1.71. The van der Waals surface area contributed by atoms with E-state index in [0.717, 1.165) is 24.8 Å². The third-order valence-electron chi connectivity index (χ3n) is 2.93. The molecule has 2 aliphatic rings. The van der Waals surface area contributed by atoms with Gasteiger partial charge >= 0.3 is 0 Å². The summed E-state index contributed by atoms with van der Waals surface area (Å²) in [4.78, 5) is 13.6. The number of ether oxygens (including phenoxy) is 1. The van der Waals surface area contributed by atoms with Crippen molar-refractivity contribution in [3.05, 3.63) is 11.8 Å². The van der Waals surface area contributed by atoms with Gasteiger partial charge in [0.15, 0.2) is 0 Å². The van der Waals surface area contributed by atoms with Crippen LogP contribution in [0.5, 0.6) is 0 Å². The molecule has 0 atom stereocenters. The van der Waals surface area contributed by atoms with Crippen molar-refractivity contribution >= 4 is 5.91 Å². The summed E-state index contributed by atoms with van der Waals surface area (Å²) in [5.74, 6) is 0.155. The van der Waals surface area contributed by atoms with Crippen LogP contribution < -0.4 is 0 Å². The summed E-state index contributed by atoms with van der Waals surface area (Å²) in [5, 5.41) is 0. The molecular weight excluding hydrogens is 166 g/mol. The van der Waals surface area contributed by atoms with Crippen molar-refractivity contribution in [1.82, 2.24) is 4.90 Å². The molecule has 0 radical (unpaired) electrons. The highest BCUT2D eigenvalue weighted by Gasteiger charge is 2.28. The number of carbonyl (C=O) groups excluding carboxylic acids is 1. The zero-order valence-corrected chi connectivity index (χ0v) is 7.95. The van der Waals surface area contributed by atoms with E-state index in [-0.39, 0.29) is 5.91 Å². The number of amides is 1. The number of carbonyl (C=O) groups is 1. The molecule has 0 N–H and O–H groups in total. The lowest BCUT2D eigenvalue weighted by molar-refractivity contribution is -0.129. The Morgan fingerprint density at radius 1 is 1.62 bits per heavy atom. The molecule has 0 unspecified atom stereocenters. The number of nitrogens with zero attached hydrogens (tertiary/aromatic N) is 1. The molecule has 3 heteroatoms. The maximum atomic E-state index is 11.8. The number of hydrogen-bond acceptors (Lipinski definition) is 2. The van der Waals surface area contributed by atoms with E-state index in [1.807, 2.05) is 11.9 Å². The summed E-state index contributed by atoms with van der Waals surface area (Å²) in [6.07, 6.45) is 5.97. The number of rotatable bonds is 2. The SMILES string of the molecule is CN(C(=O)C1=COCC1)C1CCC1. The Balaban J connectivity index is 1.94. The first kappa shape index (κ1) is 8.60. The van der Waals surface area contributed by atoms with Gasteiger partial charge in [0.1, 0.15) is 0 Å². The quantitative estimate of drug-likeness (QED) is 0.642. The molecule has 72 valence electrons. The van der Waals surface area contributed by atoms with Crippen LogP contribution in [0.3, 0.4) is 0 Å². The van der Waals surface area contributed by atoms with Gasteiger partial charge in [0.25, 0.3) is 5.91 Å². The van der Waals surface area contributed by atoms with E-state index in [9.17, 15) is 4.79 Å². The molecule has 1 aliphatic heterocycles. The van der Waals surface area contributed by atoms with Gasteiger partial charge in [-0.25, -0.2) is 0 Å². The van der Waals surface area contributed by atoms with Gasteiger partial charge in [0, 0.05) is 19.5 Å². The molecule has 1 fully saturated rings. The van der Waals surface area contributed by atoms with E-state index in [1.54, 1.807) is 6.26 Å². The van der Waals surface area contributed by atoms with Gasteiger partial charge in [0.2, 0.25) is 0 Å². The third kappa shape index (κ3) is 1.55. The molecule has 0 aromatic rings. The van der Waals surface area contributed by atoms with E-state index < -0.39 is 0 Å². The second-order valence-electron chi connectivity index (χ2n) is 3.76. The van der Waals surface area contributed by atoms with Crippen LogP contribution >= 0.6 is 0 Å². The third-order valence-corrected chi connectivity index (χ3v) is 2.93. The first-order valence-electron chi connectivity index (χ1n) is 4.87. The molecule has 1 saturated carbocycles. The van der Waals surface area contributed by atoms with Crippen molar-refractivity contribution in [2.24, 2.45) is 0 Å². The predicted octanol–water partition coefficient (Wildman–Crippen LogP) is 1.30. The molecule has 0 spiro atoms. The van der Waals surface area contributed by atoms with Gasteiger partial charge in [-0.15, -0.1) is 0 Å². The topological polar surface area (TPSA) is 29.5 Å². The van der Waals surface area contributed by atoms with Crippen LogP contribution in [-0.2, 0) is 9.53 Å². The second kappa shape index (κ2) is 3.40. The largest absolute Gasteiger partial charge is 0.500 e. The van der Waals surface area contributed by atoms with Crippen LogP contribution in [0.1, 0.15) is 25.7 Å². The Hall–Kier alpha value is -0.990. The van der Waals surface area contributed by atoms with Crippen LogP contribution in [0.2, 0.25) is 0 Å². The lowest BCUT2D eigenvalue weighted by atomic mass is 9.91. The highest BCUT2D eigenvalue weighted by atomic mass is 16.5. The van der Waals surface area contributed by atoms with Gasteiger partial charge in [-0.05, 0) is 19.3 Å². The number of likely N-dealkylation sites (N-methyl/N-ethyl adjacent to an activating group) is 1. The molecule has 3 nitrogen and oxygen atoms in total. The number of hydrogen-bond donors (Lipinski definition) is 0. The van der Waals surface area contributed by atoms with Crippen LogP contribution in [0.15, 0.2) is 11.8 Å². The van der Waals surface area contributed by atoms with Crippen molar-refractivity contribution in [1.29, 1.82) is 0 Å². The maximum Gasteiger partial charge on any atom is 0.252 e. The van der Waals surface area contributed by atoms with Gasteiger partial charge in [-0.3, -0.25) is 4.79 Å². The van der Waals surface area contributed by atoms with Crippen LogP contribution in [0.25, 0.3) is 0 Å². The van der Waals surface area contributed by atoms with Crippen LogP contribution in [-0.4, -0.2) is 30.5 Å². The fourth-order valence-corrected chi connectivity index (χ4v) is 1.71. The molecule has 0 aromatic carbocycles. The average molecular weight is 181 g/mol. The van der Waals surface area contributed by atoms with Gasteiger partial charge < -0.3 is 9.64 Å². The van der Waals surface area contributed by atoms with E-state index in [0.29, 0.717) is 12.6 Å². The lowest BCUT2D eigenvalue weighted by Gasteiger charge is -2.34. The molecule has 1 aliphatic carbocycles. The van der Waals surface area contributed by atoms with E-state index in [1.165, 1.54) is 6.42 Å². The van der Waals surface area contributed by atoms with E-state index >= 15 is 0 Å². The highest BCUT2D eigenvalue weighted by Crippen LogP contribution is 2.25. The Morgan fingerprint density at radius 2 is 2.38 bits per heavy atom. The zero-order chi connectivity index (χ0) is 9.26. The smallest absolute Gasteiger partial charge is 0.252 e. The molecule has 1 amide bonds. The highest BCUT2D eigenvalue weighted by molar-refractivity contribution is 5.93. The Kier molecular flexibility index (Phi) is 2.25. The zero-order valence-electron chi connectivity index (χ0n) is 7.95. The summed E-state index contributed by atoms with van der Waals surface area (Å²) in [6.45, 7) is 0.666. The Morgan fingerprint density at radius 3 is 2.85 bits per heavy atom. The van der Waals surface area contributed by atoms with Gasteiger partial charge in [0.05, 0.1) is 18.4 Å². The minimum Gasteiger partial charge on any atom is -0.500 e. The molecule has 2 rings (SSSR count). The maximum absolute atomic E-state index is 11.8. The minimum atomic E-state index is 0.155. The van der Waals surface area contributed by atoms with Crippen molar-refractivity contribution in [3.63, 3.8) is 0 Å². The van der Waals surface area contributed by atoms with Crippen molar-refractivity contribution in [3.8, 4) is 0 Å². The molecule has 0 aromatic heterocycles. The van der Waals surface area contributed by atoms with E-state index in [4.69, 9.17) is 4.74 Å². The van der Waals surface area contributed by atoms with Gasteiger partial charge in [-0.2, -0.15) is 0 Å². The van der Waals surface area contributed by atoms with E-state index in [2.05, 4.69) is 0 Å². The summed E-state index contributed by atoms with van der Waals surface area (Å²) in [6, 6.07) is 0.481. The average Bonchev–Trinajstić information content (AvgIpc) is 2.51. The molecule has 0 bridgehead atoms. The summed E-state index contributed by atoms with van der Waals surface area (Å²) in [5.41, 5.74) is 0.828. The minimum absolute atomic E-state index is 0.155. The van der Waals surface area contributed by atoms with Crippen molar-refractivity contribution in [2.75, 3.05) is 13.7 Å². The standard InChI is InChI=1S/C10H15NO2/c1-11(9-3-2-4-9)10(12)8-5-6-13-7-8/h7,9H,2-6H2,1H3. The molecular formula is C10H15NO2. The normalized spacial score (nSPS) is 21.8. The molecule has 1 heterocycles. The molecule has 13 heavy (non-hydrogen) atoms. The van der Waals surface area contributed by atoms with Crippen molar-refractivity contribution in [2.45, 2.75) is 31.7 Å². The van der Waals surface area contributed by atoms with Crippen molar-refractivity contribution < 1.29 is 9.53 Å². The first-order chi connectivity index (χ1) is 6.29. The molecule has 0 saturated heterocycles. The second-order valence-corrected chi connectivity index (χ2v) is 3.76. The van der Waals surface area contributed by atoms with Gasteiger partial charge in [-0.1, -0.05) is 0 Å². The van der Waals surface area contributed by atoms with Crippen LogP contribution in [0, 0.1) is 0 Å². The van der Waals surface area contributed by atoms with Crippen LogP contribution in [0.4, 0.5) is 0 Å². The lowest BCUT2D eigenvalue weighted by Crippen LogP contribution is -2.41. The monoisotopic (exact) mass is 181 g/mol. The predicted molar refractivity (Wildman–Crippen MR) is 49.1 cm³/mol. The summed E-state index contributed by atoms with van der Waals surface area (Å²) < 4.78 is 5.05. The fraction of sp³-hybridized carbons (Fsp3) is 0.700. The summed E-state index contributed by atoms with van der Waals surface area (Å²) in [7, 11) is 1.89. The Labute approximate surface area is 78.4 Å². The summed E-state index contributed by atoms with van der Waals surface area (Å²) >= 11 is 0. The Bertz CT molecular complexity index is 243. The first-order valence-corrected chi connectivity index (χ1v) is 4.87.